The van der Waals surface area contributed by atoms with E-state index in [1.165, 1.54) is 38.9 Å². The molecule has 0 aromatic heterocycles. The number of fused-ring (bicyclic) bond motifs is 1. The third kappa shape index (κ3) is 3.75. The minimum Gasteiger partial charge on any atom is -0.379 e. The van der Waals surface area contributed by atoms with Crippen LogP contribution in [0.3, 0.4) is 0 Å². The number of hydrogen-bond donors (Lipinski definition) is 0. The Kier molecular flexibility index (Phi) is 5.56. The fraction of sp³-hybridized carbons (Fsp3) is 0.333. The molecule has 2 heterocycles. The van der Waals surface area contributed by atoms with E-state index in [1.807, 2.05) is 0 Å². The summed E-state index contributed by atoms with van der Waals surface area (Å²) in [6, 6.07) is 8.79. The molecule has 0 atom stereocenters. The van der Waals surface area contributed by atoms with Crippen LogP contribution in [0.4, 0.5) is 5.69 Å². The predicted octanol–water partition coefficient (Wildman–Crippen LogP) is 2.77. The van der Waals surface area contributed by atoms with Crippen molar-refractivity contribution in [2.24, 2.45) is 0 Å². The second-order valence-corrected chi connectivity index (χ2v) is 11.3. The SMILES string of the molecule is O=S(=O)(c1ccc2c(c1)CCN2S(=O)(=O)c1cc(Cl)ccc1Cl)N1CCOCC1. The Balaban J connectivity index is 1.69. The van der Waals surface area contributed by atoms with Gasteiger partial charge in [-0.25, -0.2) is 16.8 Å². The Hall–Kier alpha value is -1.36. The number of benzene rings is 2. The molecule has 0 spiro atoms. The lowest BCUT2D eigenvalue weighted by Gasteiger charge is -2.26. The van der Waals surface area contributed by atoms with E-state index in [9.17, 15) is 16.8 Å². The standard InChI is InChI=1S/C18H18Cl2N2O5S2/c19-14-1-3-16(20)18(12-14)29(25,26)22-6-5-13-11-15(2-4-17(13)22)28(23,24)21-7-9-27-10-8-21/h1-4,11-12H,5-10H2. The van der Waals surface area contributed by atoms with Crippen LogP contribution in [0.5, 0.6) is 0 Å². The zero-order valence-corrected chi connectivity index (χ0v) is 18.4. The van der Waals surface area contributed by atoms with Crippen molar-refractivity contribution in [3.63, 3.8) is 0 Å². The molecule has 29 heavy (non-hydrogen) atoms. The summed E-state index contributed by atoms with van der Waals surface area (Å²) in [6.07, 6.45) is 0.402. The van der Waals surface area contributed by atoms with Gasteiger partial charge in [-0.2, -0.15) is 4.31 Å². The van der Waals surface area contributed by atoms with Gasteiger partial charge in [-0.3, -0.25) is 4.31 Å². The topological polar surface area (TPSA) is 84.0 Å². The first kappa shape index (κ1) is 20.9. The minimum atomic E-state index is -3.93. The molecular weight excluding hydrogens is 459 g/mol. The van der Waals surface area contributed by atoms with Crippen molar-refractivity contribution in [1.29, 1.82) is 0 Å². The first-order valence-electron chi connectivity index (χ1n) is 8.90. The fourth-order valence-electron chi connectivity index (χ4n) is 3.49. The van der Waals surface area contributed by atoms with Gasteiger partial charge < -0.3 is 4.74 Å². The van der Waals surface area contributed by atoms with Crippen molar-refractivity contribution in [2.75, 3.05) is 37.2 Å². The highest BCUT2D eigenvalue weighted by atomic mass is 35.5. The van der Waals surface area contributed by atoms with Crippen molar-refractivity contribution in [3.8, 4) is 0 Å². The molecule has 0 amide bonds. The third-order valence-corrected chi connectivity index (χ3v) is 9.40. The largest absolute Gasteiger partial charge is 0.379 e. The predicted molar refractivity (Wildman–Crippen MR) is 111 cm³/mol. The van der Waals surface area contributed by atoms with Crippen LogP contribution in [0.1, 0.15) is 5.56 Å². The minimum absolute atomic E-state index is 0.0781. The summed E-state index contributed by atoms with van der Waals surface area (Å²) in [6.45, 7) is 1.51. The number of halogens is 2. The molecule has 0 saturated carbocycles. The highest BCUT2D eigenvalue weighted by molar-refractivity contribution is 7.93. The first-order valence-corrected chi connectivity index (χ1v) is 12.5. The normalized spacial score (nSPS) is 18.1. The van der Waals surface area contributed by atoms with E-state index in [-0.39, 0.29) is 26.4 Å². The summed E-state index contributed by atoms with van der Waals surface area (Å²) >= 11 is 12.1. The molecule has 4 rings (SSSR count). The lowest BCUT2D eigenvalue weighted by atomic mass is 10.2. The molecule has 0 aliphatic carbocycles. The van der Waals surface area contributed by atoms with E-state index < -0.39 is 20.0 Å². The summed E-state index contributed by atoms with van der Waals surface area (Å²) < 4.78 is 59.9. The van der Waals surface area contributed by atoms with Crippen LogP contribution in [0, 0.1) is 0 Å². The molecule has 2 aromatic rings. The van der Waals surface area contributed by atoms with E-state index in [0.29, 0.717) is 44.0 Å². The number of rotatable bonds is 4. The van der Waals surface area contributed by atoms with Crippen molar-refractivity contribution in [1.82, 2.24) is 4.31 Å². The second-order valence-electron chi connectivity index (χ2n) is 6.71. The van der Waals surface area contributed by atoms with Crippen LogP contribution in [0.2, 0.25) is 10.0 Å². The maximum Gasteiger partial charge on any atom is 0.265 e. The molecule has 156 valence electrons. The van der Waals surface area contributed by atoms with Crippen LogP contribution in [-0.4, -0.2) is 54.0 Å². The van der Waals surface area contributed by atoms with E-state index >= 15 is 0 Å². The van der Waals surface area contributed by atoms with Crippen LogP contribution in [0.15, 0.2) is 46.2 Å². The van der Waals surface area contributed by atoms with Gasteiger partial charge in [-0.05, 0) is 48.4 Å². The van der Waals surface area contributed by atoms with E-state index in [2.05, 4.69) is 0 Å². The molecule has 0 unspecified atom stereocenters. The summed E-state index contributed by atoms with van der Waals surface area (Å²) in [5, 5.41) is 0.341. The lowest BCUT2D eigenvalue weighted by Crippen LogP contribution is -2.40. The molecule has 0 radical (unpaired) electrons. The summed E-state index contributed by atoms with van der Waals surface area (Å²) in [4.78, 5) is 0.0720. The van der Waals surface area contributed by atoms with Gasteiger partial charge in [0.15, 0.2) is 0 Å². The first-order chi connectivity index (χ1) is 13.7. The number of nitrogens with zero attached hydrogens (tertiary/aromatic N) is 2. The van der Waals surface area contributed by atoms with Crippen molar-refractivity contribution in [3.05, 3.63) is 52.0 Å². The van der Waals surface area contributed by atoms with Crippen LogP contribution in [0.25, 0.3) is 0 Å². The quantitative estimate of drug-likeness (QED) is 0.677. The smallest absolute Gasteiger partial charge is 0.265 e. The maximum atomic E-state index is 13.1. The summed E-state index contributed by atoms with van der Waals surface area (Å²) in [7, 11) is -7.59. The van der Waals surface area contributed by atoms with Gasteiger partial charge in [0, 0.05) is 24.7 Å². The molecule has 2 aromatic carbocycles. The summed E-state index contributed by atoms with van der Waals surface area (Å²) in [5.74, 6) is 0. The van der Waals surface area contributed by atoms with Gasteiger partial charge in [0.05, 0.1) is 28.8 Å². The van der Waals surface area contributed by atoms with Crippen molar-refractivity contribution in [2.45, 2.75) is 16.2 Å². The Morgan fingerprint density at radius 3 is 2.31 bits per heavy atom. The van der Waals surface area contributed by atoms with Crippen LogP contribution < -0.4 is 4.31 Å². The van der Waals surface area contributed by atoms with E-state index in [4.69, 9.17) is 27.9 Å². The van der Waals surface area contributed by atoms with E-state index in [1.54, 1.807) is 6.07 Å². The van der Waals surface area contributed by atoms with E-state index in [0.717, 1.165) is 0 Å². The Morgan fingerprint density at radius 2 is 1.59 bits per heavy atom. The second kappa shape index (κ2) is 7.72. The molecule has 7 nitrogen and oxygen atoms in total. The van der Waals surface area contributed by atoms with Crippen LogP contribution >= 0.6 is 23.2 Å². The van der Waals surface area contributed by atoms with Gasteiger partial charge in [-0.1, -0.05) is 23.2 Å². The Labute approximate surface area is 179 Å². The number of anilines is 1. The maximum absolute atomic E-state index is 13.1. The lowest BCUT2D eigenvalue weighted by molar-refractivity contribution is 0.0730. The number of morpholine rings is 1. The third-order valence-electron chi connectivity index (χ3n) is 4.97. The Bertz CT molecular complexity index is 1160. The number of ether oxygens (including phenoxy) is 1. The number of sulfonamides is 2. The molecule has 2 aliphatic heterocycles. The fourth-order valence-corrected chi connectivity index (χ4v) is 7.19. The van der Waals surface area contributed by atoms with Gasteiger partial charge >= 0.3 is 0 Å². The molecule has 11 heteroatoms. The van der Waals surface area contributed by atoms with Crippen molar-refractivity contribution >= 4 is 48.9 Å². The Morgan fingerprint density at radius 1 is 0.862 bits per heavy atom. The molecule has 2 aliphatic rings. The van der Waals surface area contributed by atoms with Gasteiger partial charge in [0.1, 0.15) is 4.90 Å². The average molecular weight is 477 g/mol. The monoisotopic (exact) mass is 476 g/mol. The number of hydrogen-bond acceptors (Lipinski definition) is 5. The molecule has 1 saturated heterocycles. The summed E-state index contributed by atoms with van der Waals surface area (Å²) in [5.41, 5.74) is 1.10. The molecule has 0 N–H and O–H groups in total. The zero-order valence-electron chi connectivity index (χ0n) is 15.2. The molecule has 0 bridgehead atoms. The molecule has 1 fully saturated rings. The van der Waals surface area contributed by atoms with Crippen molar-refractivity contribution < 1.29 is 21.6 Å². The highest BCUT2D eigenvalue weighted by Gasteiger charge is 2.34. The van der Waals surface area contributed by atoms with Gasteiger partial charge in [0.2, 0.25) is 10.0 Å². The average Bonchev–Trinajstić information content (AvgIpc) is 3.14. The van der Waals surface area contributed by atoms with Crippen LogP contribution in [-0.2, 0) is 31.2 Å². The van der Waals surface area contributed by atoms with Gasteiger partial charge in [0.25, 0.3) is 10.0 Å². The highest BCUT2D eigenvalue weighted by Crippen LogP contribution is 2.37. The zero-order chi connectivity index (χ0) is 20.8. The van der Waals surface area contributed by atoms with Gasteiger partial charge in [-0.15, -0.1) is 0 Å². The molecular formula is C18H18Cl2N2O5S2.